The van der Waals surface area contributed by atoms with Crippen molar-refractivity contribution in [2.24, 2.45) is 0 Å². The van der Waals surface area contributed by atoms with Crippen molar-refractivity contribution in [3.63, 3.8) is 0 Å². The Kier molecular flexibility index (Phi) is 5.53. The minimum absolute atomic E-state index is 0.0963. The molecule has 1 aliphatic rings. The highest BCUT2D eigenvalue weighted by Crippen LogP contribution is 2.34. The number of carbonyl (C=O) groups excluding carboxylic acids is 1. The lowest BCUT2D eigenvalue weighted by atomic mass is 9.89. The topological polar surface area (TPSA) is 75.4 Å². The van der Waals surface area contributed by atoms with E-state index in [1.807, 2.05) is 55.2 Å². The molecule has 0 radical (unpaired) electrons. The van der Waals surface area contributed by atoms with Crippen LogP contribution in [0.15, 0.2) is 40.9 Å². The quantitative estimate of drug-likeness (QED) is 0.657. The highest BCUT2D eigenvalue weighted by molar-refractivity contribution is 5.92. The van der Waals surface area contributed by atoms with E-state index in [9.17, 15) is 4.79 Å². The molecule has 1 atom stereocenters. The summed E-state index contributed by atoms with van der Waals surface area (Å²) in [7, 11) is 3.88. The molecule has 7 heteroatoms. The summed E-state index contributed by atoms with van der Waals surface area (Å²) in [6.45, 7) is 4.88. The van der Waals surface area contributed by atoms with Crippen LogP contribution in [0.1, 0.15) is 46.6 Å². The zero-order chi connectivity index (χ0) is 21.3. The molecule has 0 saturated carbocycles. The number of hydrogen-bond donors (Lipinski definition) is 0. The number of amides is 1. The van der Waals surface area contributed by atoms with Crippen molar-refractivity contribution >= 4 is 11.9 Å². The first-order valence-corrected chi connectivity index (χ1v) is 10.3. The van der Waals surface area contributed by atoms with Crippen molar-refractivity contribution < 1.29 is 9.21 Å². The summed E-state index contributed by atoms with van der Waals surface area (Å²) < 4.78 is 5.58. The number of oxazole rings is 1. The molecule has 3 aromatic rings. The zero-order valence-corrected chi connectivity index (χ0v) is 17.9. The highest BCUT2D eigenvalue weighted by Gasteiger charge is 2.31. The van der Waals surface area contributed by atoms with E-state index in [-0.39, 0.29) is 11.8 Å². The summed E-state index contributed by atoms with van der Waals surface area (Å²) in [4.78, 5) is 30.6. The molecule has 3 heterocycles. The maximum atomic E-state index is 13.1. The second-order valence-electron chi connectivity index (χ2n) is 7.97. The molecule has 0 N–H and O–H groups in total. The predicted octanol–water partition coefficient (Wildman–Crippen LogP) is 3.83. The van der Waals surface area contributed by atoms with E-state index >= 15 is 0 Å². The fraction of sp³-hybridized carbons (Fsp3) is 0.391. The Bertz CT molecular complexity index is 1050. The SMILES string of the molecule is Cc1nc(C)c(C(=O)N2CCC[C@@H](c3nc(N(C)C)ncc3-c3ccccc3)C2)o1. The maximum absolute atomic E-state index is 13.1. The average molecular weight is 406 g/mol. The van der Waals surface area contributed by atoms with Gasteiger partial charge in [0.15, 0.2) is 5.89 Å². The molecule has 0 aliphatic carbocycles. The Morgan fingerprint density at radius 2 is 1.93 bits per heavy atom. The van der Waals surface area contributed by atoms with E-state index in [2.05, 4.69) is 22.1 Å². The molecule has 0 bridgehead atoms. The van der Waals surface area contributed by atoms with E-state index < -0.39 is 0 Å². The number of carbonyl (C=O) groups is 1. The molecule has 1 aromatic carbocycles. The Labute approximate surface area is 176 Å². The Morgan fingerprint density at radius 1 is 1.17 bits per heavy atom. The van der Waals surface area contributed by atoms with Gasteiger partial charge in [0.05, 0.1) is 11.4 Å². The van der Waals surface area contributed by atoms with Crippen LogP contribution in [0.4, 0.5) is 5.95 Å². The standard InChI is InChI=1S/C23H27N5O2/c1-15-21(30-16(2)25-15)22(29)28-12-8-11-18(14-28)20-19(17-9-6-5-7-10-17)13-24-23(26-20)27(3)4/h5-7,9-10,13,18H,8,11-12,14H2,1-4H3/t18-/m1/s1. The van der Waals surface area contributed by atoms with Gasteiger partial charge in [-0.05, 0) is 25.3 Å². The van der Waals surface area contributed by atoms with Crippen molar-refractivity contribution in [1.29, 1.82) is 0 Å². The number of piperidine rings is 1. The van der Waals surface area contributed by atoms with E-state index in [1.54, 1.807) is 6.92 Å². The summed E-state index contributed by atoms with van der Waals surface area (Å²) in [6.07, 6.45) is 3.79. The monoisotopic (exact) mass is 405 g/mol. The van der Waals surface area contributed by atoms with Crippen molar-refractivity contribution in [3.05, 3.63) is 59.6 Å². The molecule has 0 unspecified atom stereocenters. The van der Waals surface area contributed by atoms with Crippen molar-refractivity contribution in [2.45, 2.75) is 32.6 Å². The van der Waals surface area contributed by atoms with Gasteiger partial charge in [-0.1, -0.05) is 30.3 Å². The van der Waals surface area contributed by atoms with Crippen LogP contribution in [-0.4, -0.2) is 52.9 Å². The third kappa shape index (κ3) is 3.92. The van der Waals surface area contributed by atoms with Crippen molar-refractivity contribution in [2.75, 3.05) is 32.1 Å². The van der Waals surface area contributed by atoms with Crippen LogP contribution >= 0.6 is 0 Å². The molecule has 7 nitrogen and oxygen atoms in total. The number of aromatic nitrogens is 3. The van der Waals surface area contributed by atoms with E-state index in [1.165, 1.54) is 0 Å². The summed E-state index contributed by atoms with van der Waals surface area (Å²) in [6, 6.07) is 10.2. The minimum Gasteiger partial charge on any atom is -0.436 e. The molecule has 156 valence electrons. The molecular weight excluding hydrogens is 378 g/mol. The second-order valence-corrected chi connectivity index (χ2v) is 7.97. The fourth-order valence-corrected chi connectivity index (χ4v) is 4.01. The average Bonchev–Trinajstić information content (AvgIpc) is 3.11. The number of benzene rings is 1. The van der Waals surface area contributed by atoms with Gasteiger partial charge in [0.2, 0.25) is 11.7 Å². The van der Waals surface area contributed by atoms with Gasteiger partial charge in [-0.25, -0.2) is 15.0 Å². The zero-order valence-electron chi connectivity index (χ0n) is 17.9. The van der Waals surface area contributed by atoms with Gasteiger partial charge in [-0.3, -0.25) is 4.79 Å². The lowest BCUT2D eigenvalue weighted by Crippen LogP contribution is -2.39. The Balaban J connectivity index is 1.68. The lowest BCUT2D eigenvalue weighted by molar-refractivity contribution is 0.0671. The first kappa shape index (κ1) is 20.1. The molecule has 4 rings (SSSR count). The van der Waals surface area contributed by atoms with Gasteiger partial charge in [-0.15, -0.1) is 0 Å². The first-order valence-electron chi connectivity index (χ1n) is 10.3. The van der Waals surface area contributed by atoms with Crippen LogP contribution in [0.2, 0.25) is 0 Å². The normalized spacial score (nSPS) is 16.5. The summed E-state index contributed by atoms with van der Waals surface area (Å²) in [5.74, 6) is 1.56. The van der Waals surface area contributed by atoms with E-state index in [0.29, 0.717) is 36.4 Å². The van der Waals surface area contributed by atoms with Crippen LogP contribution in [0.5, 0.6) is 0 Å². The molecule has 2 aromatic heterocycles. The summed E-state index contributed by atoms with van der Waals surface area (Å²) in [5, 5.41) is 0. The first-order chi connectivity index (χ1) is 14.4. The number of anilines is 1. The van der Waals surface area contributed by atoms with Gasteiger partial charge in [0.1, 0.15) is 0 Å². The number of likely N-dealkylation sites (tertiary alicyclic amines) is 1. The molecule has 30 heavy (non-hydrogen) atoms. The van der Waals surface area contributed by atoms with Gasteiger partial charge < -0.3 is 14.2 Å². The van der Waals surface area contributed by atoms with Crippen LogP contribution in [0.25, 0.3) is 11.1 Å². The lowest BCUT2D eigenvalue weighted by Gasteiger charge is -2.33. The maximum Gasteiger partial charge on any atom is 0.291 e. The molecule has 0 spiro atoms. The van der Waals surface area contributed by atoms with Crippen LogP contribution in [0, 0.1) is 13.8 Å². The second kappa shape index (κ2) is 8.26. The third-order valence-electron chi connectivity index (χ3n) is 5.48. The third-order valence-corrected chi connectivity index (χ3v) is 5.48. The molecule has 1 amide bonds. The van der Waals surface area contributed by atoms with E-state index in [0.717, 1.165) is 29.7 Å². The highest BCUT2D eigenvalue weighted by atomic mass is 16.4. The largest absolute Gasteiger partial charge is 0.436 e. The molecule has 1 saturated heterocycles. The number of nitrogens with zero attached hydrogens (tertiary/aromatic N) is 5. The Hall–Kier alpha value is -3.22. The summed E-state index contributed by atoms with van der Waals surface area (Å²) in [5.41, 5.74) is 3.74. The number of rotatable bonds is 4. The minimum atomic E-state index is -0.0963. The predicted molar refractivity (Wildman–Crippen MR) is 116 cm³/mol. The molecular formula is C23H27N5O2. The Morgan fingerprint density at radius 3 is 2.60 bits per heavy atom. The van der Waals surface area contributed by atoms with Gasteiger partial charge in [0, 0.05) is 51.8 Å². The summed E-state index contributed by atoms with van der Waals surface area (Å²) >= 11 is 0. The van der Waals surface area contributed by atoms with E-state index in [4.69, 9.17) is 9.40 Å². The van der Waals surface area contributed by atoms with Gasteiger partial charge in [-0.2, -0.15) is 0 Å². The van der Waals surface area contributed by atoms with Crippen LogP contribution in [0.3, 0.4) is 0 Å². The van der Waals surface area contributed by atoms with Crippen LogP contribution in [-0.2, 0) is 0 Å². The van der Waals surface area contributed by atoms with Crippen molar-refractivity contribution in [3.8, 4) is 11.1 Å². The number of aryl methyl sites for hydroxylation is 2. The van der Waals surface area contributed by atoms with Crippen molar-refractivity contribution in [1.82, 2.24) is 19.9 Å². The van der Waals surface area contributed by atoms with Gasteiger partial charge >= 0.3 is 0 Å². The van der Waals surface area contributed by atoms with Crippen LogP contribution < -0.4 is 4.90 Å². The molecule has 1 fully saturated rings. The fourth-order valence-electron chi connectivity index (χ4n) is 4.01. The molecule has 1 aliphatic heterocycles. The van der Waals surface area contributed by atoms with Gasteiger partial charge in [0.25, 0.3) is 5.91 Å². The number of hydrogen-bond acceptors (Lipinski definition) is 6. The smallest absolute Gasteiger partial charge is 0.291 e.